The molecule has 0 aliphatic heterocycles. The number of furan rings is 1. The second-order valence-corrected chi connectivity index (χ2v) is 10.9. The standard InChI is InChI=1S/C42H26O/c1-2-12-27(13-3-1)30-15-6-7-17-33(30)41-36-20-10-8-18-34(36)40(35-19-9-11-21-37(35)41)29-23-24-32-38-25-22-28-14-4-5-16-31(28)42(38)43-39(32)26-29/h1-26H/i1D,2D,3D,12D,13D. The van der Waals surface area contributed by atoms with E-state index in [9.17, 15) is 0 Å². The lowest BCUT2D eigenvalue weighted by atomic mass is 9.84. The molecule has 1 aromatic heterocycles. The molecule has 0 bridgehead atoms. The van der Waals surface area contributed by atoms with Gasteiger partial charge >= 0.3 is 0 Å². The van der Waals surface area contributed by atoms with Crippen molar-refractivity contribution in [2.24, 2.45) is 0 Å². The summed E-state index contributed by atoms with van der Waals surface area (Å²) in [6.07, 6.45) is 0. The van der Waals surface area contributed by atoms with Crippen LogP contribution in [0.5, 0.6) is 0 Å². The van der Waals surface area contributed by atoms with Crippen LogP contribution in [0, 0.1) is 0 Å². The first-order valence-corrected chi connectivity index (χ1v) is 14.4. The summed E-state index contributed by atoms with van der Waals surface area (Å²) in [6, 6.07) is 41.7. The van der Waals surface area contributed by atoms with Crippen LogP contribution < -0.4 is 0 Å². The summed E-state index contributed by atoms with van der Waals surface area (Å²) in [5.41, 5.74) is 6.35. The Kier molecular flexibility index (Phi) is 4.27. The highest BCUT2D eigenvalue weighted by Gasteiger charge is 2.19. The number of hydrogen-bond donors (Lipinski definition) is 0. The lowest BCUT2D eigenvalue weighted by Gasteiger charge is -2.19. The molecule has 9 rings (SSSR count). The number of rotatable bonds is 3. The van der Waals surface area contributed by atoms with Gasteiger partial charge in [0.05, 0.1) is 6.85 Å². The van der Waals surface area contributed by atoms with Crippen LogP contribution in [0.4, 0.5) is 0 Å². The van der Waals surface area contributed by atoms with Gasteiger partial charge in [-0.3, -0.25) is 0 Å². The zero-order valence-corrected chi connectivity index (χ0v) is 23.0. The third-order valence-electron chi connectivity index (χ3n) is 8.55. The van der Waals surface area contributed by atoms with E-state index in [1.165, 1.54) is 0 Å². The van der Waals surface area contributed by atoms with Crippen LogP contribution in [-0.2, 0) is 0 Å². The van der Waals surface area contributed by atoms with Crippen LogP contribution in [0.2, 0.25) is 0 Å². The summed E-state index contributed by atoms with van der Waals surface area (Å²) in [6.45, 7) is 0. The Balaban J connectivity index is 1.35. The van der Waals surface area contributed by atoms with Crippen molar-refractivity contribution in [3.8, 4) is 33.4 Å². The molecule has 0 spiro atoms. The van der Waals surface area contributed by atoms with Crippen molar-refractivity contribution in [1.82, 2.24) is 0 Å². The molecule has 0 radical (unpaired) electrons. The van der Waals surface area contributed by atoms with Crippen molar-refractivity contribution < 1.29 is 11.3 Å². The molecule has 0 saturated heterocycles. The van der Waals surface area contributed by atoms with E-state index in [2.05, 4.69) is 66.7 Å². The average molecular weight is 552 g/mol. The minimum absolute atomic E-state index is 0.191. The fourth-order valence-corrected chi connectivity index (χ4v) is 6.69. The maximum atomic E-state index is 8.77. The number of hydrogen-bond acceptors (Lipinski definition) is 1. The molecule has 0 aliphatic carbocycles. The van der Waals surface area contributed by atoms with Gasteiger partial charge in [0.1, 0.15) is 11.2 Å². The predicted molar refractivity (Wildman–Crippen MR) is 183 cm³/mol. The fourth-order valence-electron chi connectivity index (χ4n) is 6.69. The summed E-state index contributed by atoms with van der Waals surface area (Å²) in [4.78, 5) is 0. The molecular weight excluding hydrogens is 520 g/mol. The van der Waals surface area contributed by atoms with Gasteiger partial charge in [0, 0.05) is 16.2 Å². The fraction of sp³-hybridized carbons (Fsp3) is 0. The van der Waals surface area contributed by atoms with Gasteiger partial charge in [0.25, 0.3) is 0 Å². The predicted octanol–water partition coefficient (Wildman–Crippen LogP) is 12.0. The highest BCUT2D eigenvalue weighted by molar-refractivity contribution is 6.23. The maximum Gasteiger partial charge on any atom is 0.143 e. The molecule has 0 unspecified atom stereocenters. The van der Waals surface area contributed by atoms with Gasteiger partial charge in [-0.1, -0.05) is 139 Å². The zero-order chi connectivity index (χ0) is 32.7. The number of benzene rings is 8. The normalized spacial score (nSPS) is 13.3. The first-order chi connectivity index (χ1) is 23.4. The minimum atomic E-state index is -0.402. The molecular formula is C42H26O. The van der Waals surface area contributed by atoms with Crippen LogP contribution in [0.1, 0.15) is 6.85 Å². The summed E-state index contributed by atoms with van der Waals surface area (Å²) in [7, 11) is 0. The zero-order valence-electron chi connectivity index (χ0n) is 28.0. The highest BCUT2D eigenvalue weighted by atomic mass is 16.3. The first-order valence-electron chi connectivity index (χ1n) is 16.9. The second kappa shape index (κ2) is 9.44. The highest BCUT2D eigenvalue weighted by Crippen LogP contribution is 2.46. The Morgan fingerprint density at radius 3 is 1.72 bits per heavy atom. The van der Waals surface area contributed by atoms with E-state index >= 15 is 0 Å². The van der Waals surface area contributed by atoms with Crippen LogP contribution in [0.3, 0.4) is 0 Å². The Morgan fingerprint density at radius 1 is 0.419 bits per heavy atom. The van der Waals surface area contributed by atoms with Crippen LogP contribution in [0.25, 0.3) is 87.6 Å². The van der Waals surface area contributed by atoms with E-state index in [4.69, 9.17) is 11.3 Å². The smallest absolute Gasteiger partial charge is 0.143 e. The third-order valence-corrected chi connectivity index (χ3v) is 8.55. The SMILES string of the molecule is [2H]c1c([2H])c([2H])c(-c2ccccc2-c2c3ccccc3c(-c3ccc4c(c3)oc3c5ccccc5ccc43)c3ccccc23)c([2H])c1[2H]. The van der Waals surface area contributed by atoms with Crippen LogP contribution in [0.15, 0.2) is 162 Å². The molecule has 0 saturated carbocycles. The second-order valence-electron chi connectivity index (χ2n) is 10.9. The van der Waals surface area contributed by atoms with E-state index in [1.807, 2.05) is 60.7 Å². The van der Waals surface area contributed by atoms with Crippen LogP contribution >= 0.6 is 0 Å². The lowest BCUT2D eigenvalue weighted by molar-refractivity contribution is 0.673. The monoisotopic (exact) mass is 551 g/mol. The number of fused-ring (bicyclic) bond motifs is 7. The van der Waals surface area contributed by atoms with E-state index < -0.39 is 6.04 Å². The lowest BCUT2D eigenvalue weighted by Crippen LogP contribution is -1.92. The topological polar surface area (TPSA) is 13.1 Å². The Bertz CT molecular complexity index is 2710. The van der Waals surface area contributed by atoms with Crippen molar-refractivity contribution in [2.75, 3.05) is 0 Å². The first kappa shape index (κ1) is 19.5. The van der Waals surface area contributed by atoms with Gasteiger partial charge in [-0.25, -0.2) is 0 Å². The molecule has 1 heterocycles. The molecule has 1 heteroatoms. The quantitative estimate of drug-likeness (QED) is 0.199. The van der Waals surface area contributed by atoms with Gasteiger partial charge in [0.15, 0.2) is 0 Å². The maximum absolute atomic E-state index is 8.77. The summed E-state index contributed by atoms with van der Waals surface area (Å²) in [5, 5.41) is 8.47. The van der Waals surface area contributed by atoms with Crippen molar-refractivity contribution in [3.63, 3.8) is 0 Å². The molecule has 0 aliphatic rings. The van der Waals surface area contributed by atoms with Crippen molar-refractivity contribution in [1.29, 1.82) is 0 Å². The van der Waals surface area contributed by atoms with E-state index in [-0.39, 0.29) is 29.7 Å². The average Bonchev–Trinajstić information content (AvgIpc) is 3.51. The summed E-state index contributed by atoms with van der Waals surface area (Å²) < 4.78 is 49.0. The Labute approximate surface area is 256 Å². The molecule has 9 aromatic rings. The molecule has 0 fully saturated rings. The molecule has 0 N–H and O–H groups in total. The molecule has 0 atom stereocenters. The van der Waals surface area contributed by atoms with Crippen molar-refractivity contribution >= 4 is 54.3 Å². The molecule has 8 aromatic carbocycles. The van der Waals surface area contributed by atoms with Gasteiger partial charge in [0.2, 0.25) is 0 Å². The van der Waals surface area contributed by atoms with E-state index in [0.29, 0.717) is 5.56 Å². The van der Waals surface area contributed by atoms with Crippen LogP contribution in [-0.4, -0.2) is 0 Å². The van der Waals surface area contributed by atoms with Gasteiger partial charge in [-0.2, -0.15) is 0 Å². The van der Waals surface area contributed by atoms with Gasteiger partial charge < -0.3 is 4.42 Å². The van der Waals surface area contributed by atoms with Gasteiger partial charge in [-0.15, -0.1) is 0 Å². The van der Waals surface area contributed by atoms with Crippen molar-refractivity contribution in [3.05, 3.63) is 158 Å². The molecule has 0 amide bonds. The Hall–Kier alpha value is -5.66. The summed E-state index contributed by atoms with van der Waals surface area (Å²) in [5.74, 6) is 0. The molecule has 200 valence electrons. The minimum Gasteiger partial charge on any atom is -0.455 e. The van der Waals surface area contributed by atoms with E-state index in [1.54, 1.807) is 0 Å². The molecule has 43 heavy (non-hydrogen) atoms. The Morgan fingerprint density at radius 2 is 1.00 bits per heavy atom. The van der Waals surface area contributed by atoms with Crippen molar-refractivity contribution in [2.45, 2.75) is 0 Å². The summed E-state index contributed by atoms with van der Waals surface area (Å²) >= 11 is 0. The molecule has 1 nitrogen and oxygen atoms in total. The third kappa shape index (κ3) is 3.65. The van der Waals surface area contributed by atoms with Gasteiger partial charge in [-0.05, 0) is 78.5 Å². The largest absolute Gasteiger partial charge is 0.455 e. The van der Waals surface area contributed by atoms with E-state index in [0.717, 1.165) is 76.5 Å².